The van der Waals surface area contributed by atoms with E-state index in [0.717, 1.165) is 12.8 Å². The molecule has 0 saturated heterocycles. The van der Waals surface area contributed by atoms with E-state index in [-0.39, 0.29) is 0 Å². The molecule has 0 rings (SSSR count). The normalized spacial score (nSPS) is 14.8. The van der Waals surface area contributed by atoms with Crippen molar-refractivity contribution in [3.8, 4) is 0 Å². The molecule has 0 aromatic heterocycles. The van der Waals surface area contributed by atoms with Crippen LogP contribution in [0.3, 0.4) is 0 Å². The molecule has 0 saturated carbocycles. The Kier molecular flexibility index (Phi) is 5.56. The number of nitrogens with one attached hydrogen (secondary N) is 1. The monoisotopic (exact) mass is 207 g/mol. The van der Waals surface area contributed by atoms with Crippen LogP contribution in [-0.4, -0.2) is 15.0 Å². The second-order valence-corrected chi connectivity index (χ2v) is 5.65. The van der Waals surface area contributed by atoms with Crippen LogP contribution < -0.4 is 4.72 Å². The van der Waals surface area contributed by atoms with Crippen LogP contribution in [-0.2, 0) is 10.9 Å². The van der Waals surface area contributed by atoms with Gasteiger partial charge in [0, 0.05) is 6.54 Å². The molecule has 0 fully saturated rings. The van der Waals surface area contributed by atoms with Gasteiger partial charge in [-0.25, -0.2) is 13.1 Å². The van der Waals surface area contributed by atoms with Gasteiger partial charge in [0.15, 0.2) is 0 Å². The van der Waals surface area contributed by atoms with E-state index in [2.05, 4.69) is 32.4 Å². The third-order valence-corrected chi connectivity index (χ3v) is 2.32. The smallest absolute Gasteiger partial charge is 0.201 e. The highest BCUT2D eigenvalue weighted by molar-refractivity contribution is 7.70. The fourth-order valence-corrected chi connectivity index (χ4v) is 1.86. The van der Waals surface area contributed by atoms with Gasteiger partial charge in [0.1, 0.15) is 0 Å². The fourth-order valence-electron chi connectivity index (χ4n) is 1.55. The average molecular weight is 207 g/mol. The molecule has 0 bridgehead atoms. The third-order valence-electron chi connectivity index (χ3n) is 1.84. The zero-order valence-electron chi connectivity index (χ0n) is 8.96. The van der Waals surface area contributed by atoms with Crippen molar-refractivity contribution >= 4 is 10.9 Å². The van der Waals surface area contributed by atoms with Crippen LogP contribution in [0.15, 0.2) is 0 Å². The Morgan fingerprint density at radius 1 is 1.31 bits per heavy atom. The summed E-state index contributed by atoms with van der Waals surface area (Å²) in [5, 5.41) is 0. The predicted molar refractivity (Wildman–Crippen MR) is 56.2 cm³/mol. The summed E-state index contributed by atoms with van der Waals surface area (Å²) in [7, 11) is -2.41. The molecule has 0 aliphatic carbocycles. The maximum atomic E-state index is 10.2. The van der Waals surface area contributed by atoms with Crippen LogP contribution in [0.1, 0.15) is 40.5 Å². The van der Waals surface area contributed by atoms with Gasteiger partial charge < -0.3 is 0 Å². The second kappa shape index (κ2) is 5.60. The number of hydrogen-bond donors (Lipinski definition) is 2. The van der Waals surface area contributed by atoms with Crippen LogP contribution in [0.2, 0.25) is 0 Å². The quantitative estimate of drug-likeness (QED) is 0.672. The largest absolute Gasteiger partial charge is 0.218 e. The summed E-state index contributed by atoms with van der Waals surface area (Å²) in [5.41, 5.74) is 0.332. The molecule has 1 atom stereocenters. The van der Waals surface area contributed by atoms with E-state index in [9.17, 15) is 8.42 Å². The van der Waals surface area contributed by atoms with Crippen LogP contribution in [0.25, 0.3) is 0 Å². The average Bonchev–Trinajstić information content (AvgIpc) is 1.81. The summed E-state index contributed by atoms with van der Waals surface area (Å²) in [6.07, 6.45) is 2.05. The lowest BCUT2D eigenvalue weighted by Crippen LogP contribution is -2.18. The van der Waals surface area contributed by atoms with E-state index < -0.39 is 10.9 Å². The number of rotatable bonds is 5. The van der Waals surface area contributed by atoms with Gasteiger partial charge in [-0.1, -0.05) is 27.7 Å². The van der Waals surface area contributed by atoms with Crippen LogP contribution in [0.4, 0.5) is 0 Å². The predicted octanol–water partition coefficient (Wildman–Crippen LogP) is 1.56. The van der Waals surface area contributed by atoms with Gasteiger partial charge in [-0.2, -0.15) is 0 Å². The summed E-state index contributed by atoms with van der Waals surface area (Å²) in [5.74, 6) is 0.572. The van der Waals surface area contributed by atoms with Crippen molar-refractivity contribution in [2.45, 2.75) is 40.5 Å². The third kappa shape index (κ3) is 9.83. The molecule has 0 aliphatic rings. The van der Waals surface area contributed by atoms with Crippen molar-refractivity contribution < 1.29 is 8.42 Å². The molecule has 0 spiro atoms. The van der Waals surface area contributed by atoms with Gasteiger partial charge in [-0.3, -0.25) is 0 Å². The first-order valence-corrected chi connectivity index (χ1v) is 5.87. The molecule has 0 aromatic carbocycles. The maximum Gasteiger partial charge on any atom is 0.201 e. The molecule has 0 amide bonds. The summed E-state index contributed by atoms with van der Waals surface area (Å²) < 4.78 is 22.8. The van der Waals surface area contributed by atoms with Gasteiger partial charge >= 0.3 is 0 Å². The number of hydrogen-bond acceptors (Lipinski definition) is 2. The summed E-state index contributed by atoms with van der Waals surface area (Å²) in [6, 6.07) is 0. The molecular weight excluding hydrogens is 186 g/mol. The minimum Gasteiger partial charge on any atom is -0.218 e. The highest BCUT2D eigenvalue weighted by atomic mass is 32.2. The van der Waals surface area contributed by atoms with Crippen molar-refractivity contribution in [3.05, 3.63) is 0 Å². The first-order chi connectivity index (χ1) is 5.81. The molecule has 80 valence electrons. The maximum absolute atomic E-state index is 10.2. The standard InChI is InChI=1S/C9H21NO2S/c1-8(7-9(2,3)4)5-6-10-13(11)12/h8,13H,5-7H2,1-4H3,(H,10,11,12). The van der Waals surface area contributed by atoms with Gasteiger partial charge in [-0.15, -0.1) is 0 Å². The first kappa shape index (κ1) is 12.9. The van der Waals surface area contributed by atoms with E-state index in [1.165, 1.54) is 0 Å². The molecule has 0 aliphatic heterocycles. The molecular formula is C9H21NO2S. The highest BCUT2D eigenvalue weighted by Gasteiger charge is 2.14. The Morgan fingerprint density at radius 2 is 1.85 bits per heavy atom. The van der Waals surface area contributed by atoms with Crippen LogP contribution in [0.5, 0.6) is 0 Å². The van der Waals surface area contributed by atoms with E-state index in [1.807, 2.05) is 0 Å². The highest BCUT2D eigenvalue weighted by Crippen LogP contribution is 2.25. The Hall–Kier alpha value is -0.0900. The molecule has 0 aromatic rings. The molecule has 1 N–H and O–H groups in total. The van der Waals surface area contributed by atoms with Crippen LogP contribution >= 0.6 is 0 Å². The minimum absolute atomic E-state index is 0.332. The van der Waals surface area contributed by atoms with Crippen molar-refractivity contribution in [3.63, 3.8) is 0 Å². The Labute approximate surface area is 83.0 Å². The SMILES string of the molecule is CC(CCN[SH](=O)=O)CC(C)(C)C. The topological polar surface area (TPSA) is 46.2 Å². The Balaban J connectivity index is 3.57. The van der Waals surface area contributed by atoms with E-state index in [4.69, 9.17) is 0 Å². The molecule has 4 heteroatoms. The Bertz CT molecular complexity index is 198. The van der Waals surface area contributed by atoms with E-state index in [1.54, 1.807) is 0 Å². The van der Waals surface area contributed by atoms with E-state index in [0.29, 0.717) is 17.9 Å². The molecule has 13 heavy (non-hydrogen) atoms. The van der Waals surface area contributed by atoms with Crippen molar-refractivity contribution in [1.82, 2.24) is 4.72 Å². The molecule has 3 nitrogen and oxygen atoms in total. The lowest BCUT2D eigenvalue weighted by molar-refractivity contribution is 0.297. The number of thiol groups is 1. The summed E-state index contributed by atoms with van der Waals surface area (Å²) >= 11 is 0. The Morgan fingerprint density at radius 3 is 2.23 bits per heavy atom. The van der Waals surface area contributed by atoms with Crippen molar-refractivity contribution in [2.24, 2.45) is 11.3 Å². The second-order valence-electron chi connectivity index (χ2n) is 4.82. The van der Waals surface area contributed by atoms with Gasteiger partial charge in [0.2, 0.25) is 10.9 Å². The van der Waals surface area contributed by atoms with Crippen LogP contribution in [0, 0.1) is 11.3 Å². The van der Waals surface area contributed by atoms with Crippen molar-refractivity contribution in [1.29, 1.82) is 0 Å². The van der Waals surface area contributed by atoms with Gasteiger partial charge in [0.05, 0.1) is 0 Å². The van der Waals surface area contributed by atoms with Gasteiger partial charge in [-0.05, 0) is 24.2 Å². The lowest BCUT2D eigenvalue weighted by atomic mass is 9.84. The first-order valence-electron chi connectivity index (χ1n) is 4.69. The lowest BCUT2D eigenvalue weighted by Gasteiger charge is -2.22. The minimum atomic E-state index is -2.41. The van der Waals surface area contributed by atoms with Gasteiger partial charge in [0.25, 0.3) is 0 Å². The molecule has 0 heterocycles. The zero-order chi connectivity index (χ0) is 10.5. The van der Waals surface area contributed by atoms with Crippen molar-refractivity contribution in [2.75, 3.05) is 6.54 Å². The molecule has 0 radical (unpaired) electrons. The summed E-state index contributed by atoms with van der Waals surface area (Å²) in [6.45, 7) is 9.32. The summed E-state index contributed by atoms with van der Waals surface area (Å²) in [4.78, 5) is 0. The van der Waals surface area contributed by atoms with E-state index >= 15 is 0 Å². The zero-order valence-corrected chi connectivity index (χ0v) is 9.86. The fraction of sp³-hybridized carbons (Fsp3) is 1.00. The molecule has 1 unspecified atom stereocenters.